The first-order chi connectivity index (χ1) is 9.11. The van der Waals surface area contributed by atoms with Crippen LogP contribution in [0.2, 0.25) is 0 Å². The summed E-state index contributed by atoms with van der Waals surface area (Å²) in [6, 6.07) is 10.4. The second kappa shape index (κ2) is 5.84. The third kappa shape index (κ3) is 3.12. The molecule has 5 heteroatoms. The lowest BCUT2D eigenvalue weighted by atomic mass is 10.2. The van der Waals surface area contributed by atoms with Gasteiger partial charge in [-0.3, -0.25) is 4.79 Å². The molecule has 0 spiro atoms. The highest BCUT2D eigenvalue weighted by Gasteiger charge is 2.16. The van der Waals surface area contributed by atoms with E-state index in [0.717, 1.165) is 17.0 Å². The minimum Gasteiger partial charge on any atom is -0.322 e. The molecule has 19 heavy (non-hydrogen) atoms. The number of nitrogens with one attached hydrogen (secondary N) is 1. The molecule has 0 saturated heterocycles. The SMILES string of the molecule is CSc1cccc(NC(=O)c2c(F)cccc2F)c1. The topological polar surface area (TPSA) is 29.1 Å². The van der Waals surface area contributed by atoms with Crippen LogP contribution in [0.5, 0.6) is 0 Å². The Morgan fingerprint density at radius 1 is 1.11 bits per heavy atom. The number of thioether (sulfide) groups is 1. The zero-order valence-electron chi connectivity index (χ0n) is 10.1. The van der Waals surface area contributed by atoms with E-state index in [0.29, 0.717) is 5.69 Å². The minimum atomic E-state index is -0.876. The first-order valence-electron chi connectivity index (χ1n) is 5.51. The fraction of sp³-hybridized carbons (Fsp3) is 0.0714. The van der Waals surface area contributed by atoms with Crippen LogP contribution in [0.15, 0.2) is 47.4 Å². The summed E-state index contributed by atoms with van der Waals surface area (Å²) in [5.74, 6) is -2.55. The van der Waals surface area contributed by atoms with E-state index in [9.17, 15) is 13.6 Å². The highest BCUT2D eigenvalue weighted by molar-refractivity contribution is 7.98. The molecule has 0 atom stereocenters. The lowest BCUT2D eigenvalue weighted by Crippen LogP contribution is -2.15. The fourth-order valence-corrected chi connectivity index (χ4v) is 2.07. The third-order valence-electron chi connectivity index (χ3n) is 2.52. The minimum absolute atomic E-state index is 0.500. The molecule has 0 aliphatic rings. The number of hydrogen-bond donors (Lipinski definition) is 1. The van der Waals surface area contributed by atoms with Crippen molar-refractivity contribution < 1.29 is 13.6 Å². The first kappa shape index (κ1) is 13.5. The molecule has 0 aliphatic carbocycles. The Bertz CT molecular complexity index is 596. The van der Waals surface area contributed by atoms with Crippen molar-refractivity contribution in [1.82, 2.24) is 0 Å². The van der Waals surface area contributed by atoms with Crippen LogP contribution >= 0.6 is 11.8 Å². The van der Waals surface area contributed by atoms with E-state index < -0.39 is 23.1 Å². The van der Waals surface area contributed by atoms with Gasteiger partial charge in [0.1, 0.15) is 17.2 Å². The number of carbonyl (C=O) groups excluding carboxylic acids is 1. The quantitative estimate of drug-likeness (QED) is 0.862. The fourth-order valence-electron chi connectivity index (χ4n) is 1.61. The number of amides is 1. The summed E-state index contributed by atoms with van der Waals surface area (Å²) in [4.78, 5) is 12.8. The van der Waals surface area contributed by atoms with Gasteiger partial charge in [0.2, 0.25) is 0 Å². The molecule has 0 aliphatic heterocycles. The van der Waals surface area contributed by atoms with Gasteiger partial charge in [-0.2, -0.15) is 0 Å². The number of halogens is 2. The predicted molar refractivity (Wildman–Crippen MR) is 72.5 cm³/mol. The van der Waals surface area contributed by atoms with E-state index in [1.807, 2.05) is 12.3 Å². The molecule has 0 bridgehead atoms. The normalized spacial score (nSPS) is 10.3. The van der Waals surface area contributed by atoms with E-state index in [2.05, 4.69) is 5.32 Å². The van der Waals surface area contributed by atoms with Crippen molar-refractivity contribution in [1.29, 1.82) is 0 Å². The maximum atomic E-state index is 13.4. The zero-order valence-corrected chi connectivity index (χ0v) is 10.9. The molecule has 0 aromatic heterocycles. The van der Waals surface area contributed by atoms with Crippen LogP contribution in [-0.2, 0) is 0 Å². The Kier molecular flexibility index (Phi) is 4.16. The standard InChI is InChI=1S/C14H11F2NOS/c1-19-10-5-2-4-9(8-10)17-14(18)13-11(15)6-3-7-12(13)16/h2-8H,1H3,(H,17,18). The molecule has 2 aromatic rings. The highest BCUT2D eigenvalue weighted by Crippen LogP contribution is 2.20. The average molecular weight is 279 g/mol. The predicted octanol–water partition coefficient (Wildman–Crippen LogP) is 3.94. The van der Waals surface area contributed by atoms with Crippen molar-refractivity contribution in [2.75, 3.05) is 11.6 Å². The summed E-state index contributed by atoms with van der Waals surface area (Å²) < 4.78 is 26.9. The molecule has 0 heterocycles. The molecule has 2 nitrogen and oxygen atoms in total. The van der Waals surface area contributed by atoms with Crippen molar-refractivity contribution in [2.24, 2.45) is 0 Å². The molecule has 1 amide bonds. The summed E-state index contributed by atoms with van der Waals surface area (Å²) in [7, 11) is 0. The molecule has 98 valence electrons. The van der Waals surface area contributed by atoms with Gasteiger partial charge in [-0.1, -0.05) is 12.1 Å². The molecule has 0 saturated carbocycles. The number of rotatable bonds is 3. The van der Waals surface area contributed by atoms with Crippen LogP contribution < -0.4 is 5.32 Å². The van der Waals surface area contributed by atoms with Crippen LogP contribution in [0.1, 0.15) is 10.4 Å². The van der Waals surface area contributed by atoms with Gasteiger partial charge in [-0.05, 0) is 36.6 Å². The molecule has 2 aromatic carbocycles. The Balaban J connectivity index is 2.26. The van der Waals surface area contributed by atoms with E-state index in [1.165, 1.54) is 17.8 Å². The van der Waals surface area contributed by atoms with E-state index in [-0.39, 0.29) is 0 Å². The van der Waals surface area contributed by atoms with Gasteiger partial charge in [0.25, 0.3) is 5.91 Å². The largest absolute Gasteiger partial charge is 0.322 e. The van der Waals surface area contributed by atoms with Crippen LogP contribution in [0.3, 0.4) is 0 Å². The van der Waals surface area contributed by atoms with Crippen LogP contribution in [0, 0.1) is 11.6 Å². The summed E-state index contributed by atoms with van der Waals surface area (Å²) >= 11 is 1.51. The monoisotopic (exact) mass is 279 g/mol. The summed E-state index contributed by atoms with van der Waals surface area (Å²) in [5, 5.41) is 2.48. The molecular weight excluding hydrogens is 268 g/mol. The zero-order chi connectivity index (χ0) is 13.8. The summed E-state index contributed by atoms with van der Waals surface area (Å²) in [5.41, 5.74) is -0.0726. The van der Waals surface area contributed by atoms with Gasteiger partial charge >= 0.3 is 0 Å². The molecule has 0 unspecified atom stereocenters. The van der Waals surface area contributed by atoms with Gasteiger partial charge in [0, 0.05) is 10.6 Å². The Hall–Kier alpha value is -1.88. The van der Waals surface area contributed by atoms with Crippen LogP contribution in [0.4, 0.5) is 14.5 Å². The van der Waals surface area contributed by atoms with Crippen molar-refractivity contribution >= 4 is 23.4 Å². The van der Waals surface area contributed by atoms with E-state index in [4.69, 9.17) is 0 Å². The Morgan fingerprint density at radius 3 is 2.37 bits per heavy atom. The average Bonchev–Trinajstić information content (AvgIpc) is 2.38. The highest BCUT2D eigenvalue weighted by atomic mass is 32.2. The molecule has 0 radical (unpaired) electrons. The number of benzene rings is 2. The van der Waals surface area contributed by atoms with Crippen molar-refractivity contribution in [3.8, 4) is 0 Å². The maximum absolute atomic E-state index is 13.4. The third-order valence-corrected chi connectivity index (χ3v) is 3.24. The second-order valence-electron chi connectivity index (χ2n) is 3.78. The van der Waals surface area contributed by atoms with Crippen LogP contribution in [-0.4, -0.2) is 12.2 Å². The lowest BCUT2D eigenvalue weighted by molar-refractivity contribution is 0.101. The summed E-state index contributed by atoms with van der Waals surface area (Å²) in [6.45, 7) is 0. The van der Waals surface area contributed by atoms with Gasteiger partial charge < -0.3 is 5.32 Å². The summed E-state index contributed by atoms with van der Waals surface area (Å²) in [6.07, 6.45) is 1.90. The van der Waals surface area contributed by atoms with E-state index >= 15 is 0 Å². The first-order valence-corrected chi connectivity index (χ1v) is 6.73. The molecule has 2 rings (SSSR count). The van der Waals surface area contributed by atoms with Crippen molar-refractivity contribution in [3.05, 3.63) is 59.7 Å². The Labute approximate surface area is 113 Å². The number of carbonyl (C=O) groups is 1. The van der Waals surface area contributed by atoms with Crippen molar-refractivity contribution in [2.45, 2.75) is 4.90 Å². The maximum Gasteiger partial charge on any atom is 0.261 e. The van der Waals surface area contributed by atoms with Crippen molar-refractivity contribution in [3.63, 3.8) is 0 Å². The lowest BCUT2D eigenvalue weighted by Gasteiger charge is -2.08. The number of anilines is 1. The van der Waals surface area contributed by atoms with Gasteiger partial charge in [0.05, 0.1) is 0 Å². The van der Waals surface area contributed by atoms with Gasteiger partial charge in [-0.15, -0.1) is 11.8 Å². The second-order valence-corrected chi connectivity index (χ2v) is 4.66. The molecule has 0 fully saturated rings. The van der Waals surface area contributed by atoms with Gasteiger partial charge in [0.15, 0.2) is 0 Å². The van der Waals surface area contributed by atoms with E-state index in [1.54, 1.807) is 18.2 Å². The number of hydrogen-bond acceptors (Lipinski definition) is 2. The van der Waals surface area contributed by atoms with Crippen LogP contribution in [0.25, 0.3) is 0 Å². The van der Waals surface area contributed by atoms with Gasteiger partial charge in [-0.25, -0.2) is 8.78 Å². The molecule has 1 N–H and O–H groups in total. The smallest absolute Gasteiger partial charge is 0.261 e. The molecular formula is C14H11F2NOS. The Morgan fingerprint density at radius 2 is 1.74 bits per heavy atom.